The minimum Gasteiger partial charge on any atom is -0.507 e. The summed E-state index contributed by atoms with van der Waals surface area (Å²) in [6, 6.07) is 8.73. The van der Waals surface area contributed by atoms with Crippen LogP contribution < -0.4 is 11.1 Å². The van der Waals surface area contributed by atoms with E-state index in [4.69, 9.17) is 5.73 Å². The Bertz CT molecular complexity index is 808. The average Bonchev–Trinajstić information content (AvgIpc) is 2.61. The van der Waals surface area contributed by atoms with Crippen molar-refractivity contribution in [2.45, 2.75) is 18.4 Å². The fourth-order valence-corrected chi connectivity index (χ4v) is 2.60. The molecule has 0 saturated carbocycles. The highest BCUT2D eigenvalue weighted by molar-refractivity contribution is 5.96. The number of nitrogens with two attached hydrogens (primary N) is 1. The Morgan fingerprint density at radius 2 is 1.69 bits per heavy atom. The number of hydrogen-bond donors (Lipinski definition) is 6. The summed E-state index contributed by atoms with van der Waals surface area (Å²) in [6.45, 7) is 0.0977. The normalized spacial score (nSPS) is 13.0. The van der Waals surface area contributed by atoms with E-state index in [1.54, 1.807) is 12.1 Å². The first-order valence-electron chi connectivity index (χ1n) is 7.87. The number of carboxylic acids is 1. The zero-order chi connectivity index (χ0) is 19.3. The van der Waals surface area contributed by atoms with Crippen LogP contribution in [0.3, 0.4) is 0 Å². The average molecular weight is 360 g/mol. The van der Waals surface area contributed by atoms with Crippen molar-refractivity contribution in [3.05, 3.63) is 53.6 Å². The van der Waals surface area contributed by atoms with E-state index in [1.807, 2.05) is 0 Å². The van der Waals surface area contributed by atoms with E-state index in [1.165, 1.54) is 30.3 Å². The number of para-hydroxylation sites is 1. The van der Waals surface area contributed by atoms with Crippen LogP contribution in [0.4, 0.5) is 0 Å². The van der Waals surface area contributed by atoms with Gasteiger partial charge in [0.1, 0.15) is 11.8 Å². The number of hydrogen-bond acceptors (Lipinski definition) is 6. The smallest absolute Gasteiger partial charge is 0.321 e. The molecule has 2 rings (SSSR count). The van der Waals surface area contributed by atoms with Crippen LogP contribution in [0.15, 0.2) is 42.5 Å². The van der Waals surface area contributed by atoms with Crippen molar-refractivity contribution < 1.29 is 30.0 Å². The van der Waals surface area contributed by atoms with Crippen LogP contribution in [0.5, 0.6) is 17.2 Å². The highest BCUT2D eigenvalue weighted by Crippen LogP contribution is 2.31. The lowest BCUT2D eigenvalue weighted by Crippen LogP contribution is -2.38. The van der Waals surface area contributed by atoms with Gasteiger partial charge in [-0.15, -0.1) is 0 Å². The van der Waals surface area contributed by atoms with Gasteiger partial charge in [-0.1, -0.05) is 18.2 Å². The highest BCUT2D eigenvalue weighted by Gasteiger charge is 2.26. The van der Waals surface area contributed by atoms with Crippen molar-refractivity contribution >= 4 is 11.9 Å². The number of rotatable bonds is 7. The van der Waals surface area contributed by atoms with Gasteiger partial charge in [0, 0.05) is 12.5 Å². The maximum Gasteiger partial charge on any atom is 0.321 e. The van der Waals surface area contributed by atoms with E-state index in [-0.39, 0.29) is 35.8 Å². The standard InChI is InChI=1S/C18H20N2O6/c19-16(18(25)26)11(10-5-6-14(22)15(23)9-10)7-8-20-17(24)12-3-1-2-4-13(12)21/h1-6,9,11,16,21-23H,7-8,19H2,(H,20,24)(H,25,26)/t11?,16-/m0/s1. The summed E-state index contributed by atoms with van der Waals surface area (Å²) in [4.78, 5) is 23.4. The number of phenols is 3. The predicted molar refractivity (Wildman–Crippen MR) is 93.2 cm³/mol. The van der Waals surface area contributed by atoms with E-state index in [0.717, 1.165) is 0 Å². The molecule has 0 fully saturated rings. The van der Waals surface area contributed by atoms with Gasteiger partial charge in [0.25, 0.3) is 5.91 Å². The van der Waals surface area contributed by atoms with E-state index in [9.17, 15) is 30.0 Å². The van der Waals surface area contributed by atoms with Gasteiger partial charge in [-0.25, -0.2) is 0 Å². The number of carbonyl (C=O) groups is 2. The third-order valence-electron chi connectivity index (χ3n) is 4.04. The third-order valence-corrected chi connectivity index (χ3v) is 4.04. The van der Waals surface area contributed by atoms with Gasteiger partial charge >= 0.3 is 5.97 Å². The number of benzene rings is 2. The molecule has 1 amide bonds. The molecule has 8 heteroatoms. The number of nitrogens with one attached hydrogen (secondary N) is 1. The molecule has 7 N–H and O–H groups in total. The minimum absolute atomic E-state index is 0.0977. The Hall–Kier alpha value is -3.26. The summed E-state index contributed by atoms with van der Waals surface area (Å²) < 4.78 is 0. The summed E-state index contributed by atoms with van der Waals surface area (Å²) in [6.07, 6.45) is 0.178. The van der Waals surface area contributed by atoms with Crippen LogP contribution in [0.25, 0.3) is 0 Å². The van der Waals surface area contributed by atoms with Crippen LogP contribution in [-0.2, 0) is 4.79 Å². The van der Waals surface area contributed by atoms with Crippen molar-refractivity contribution in [3.8, 4) is 17.2 Å². The number of amides is 1. The summed E-state index contributed by atoms with van der Waals surface area (Å²) in [5.74, 6) is -3.31. The minimum atomic E-state index is -1.26. The SMILES string of the molecule is N[C@H](C(=O)O)C(CCNC(=O)c1ccccc1O)c1ccc(O)c(O)c1. The van der Waals surface area contributed by atoms with Crippen molar-refractivity contribution in [1.29, 1.82) is 0 Å². The van der Waals surface area contributed by atoms with Gasteiger partial charge in [-0.3, -0.25) is 9.59 Å². The van der Waals surface area contributed by atoms with Gasteiger partial charge < -0.3 is 31.5 Å². The van der Waals surface area contributed by atoms with Crippen molar-refractivity contribution in [2.24, 2.45) is 5.73 Å². The molecule has 0 saturated heterocycles. The second kappa shape index (κ2) is 8.21. The monoisotopic (exact) mass is 360 g/mol. The van der Waals surface area contributed by atoms with E-state index >= 15 is 0 Å². The first-order chi connectivity index (χ1) is 12.3. The number of carbonyl (C=O) groups excluding carboxylic acids is 1. The fraction of sp³-hybridized carbons (Fsp3) is 0.222. The van der Waals surface area contributed by atoms with Crippen molar-refractivity contribution in [1.82, 2.24) is 5.32 Å². The molecule has 0 aliphatic rings. The number of aliphatic carboxylic acids is 1. The molecule has 0 radical (unpaired) electrons. The third kappa shape index (κ3) is 4.42. The predicted octanol–water partition coefficient (Wildman–Crippen LogP) is 1.12. The number of carboxylic acid groups (broad SMARTS) is 1. The summed E-state index contributed by atoms with van der Waals surface area (Å²) in [7, 11) is 0. The van der Waals surface area contributed by atoms with Gasteiger partial charge in [-0.05, 0) is 36.2 Å². The first-order valence-corrected chi connectivity index (χ1v) is 7.87. The molecular weight excluding hydrogens is 340 g/mol. The molecule has 0 aliphatic carbocycles. The molecule has 138 valence electrons. The lowest BCUT2D eigenvalue weighted by Gasteiger charge is -2.22. The lowest BCUT2D eigenvalue weighted by molar-refractivity contribution is -0.139. The summed E-state index contributed by atoms with van der Waals surface area (Å²) in [5.41, 5.74) is 6.27. The molecule has 2 aromatic carbocycles. The van der Waals surface area contributed by atoms with Crippen molar-refractivity contribution in [2.75, 3.05) is 6.54 Å². The maximum absolute atomic E-state index is 12.1. The molecule has 0 bridgehead atoms. The topological polar surface area (TPSA) is 153 Å². The molecule has 8 nitrogen and oxygen atoms in total. The maximum atomic E-state index is 12.1. The largest absolute Gasteiger partial charge is 0.507 e. The van der Waals surface area contributed by atoms with E-state index < -0.39 is 23.8 Å². The first kappa shape index (κ1) is 19.1. The molecule has 0 heterocycles. The molecule has 2 atom stereocenters. The van der Waals surface area contributed by atoms with Crippen molar-refractivity contribution in [3.63, 3.8) is 0 Å². The van der Waals surface area contributed by atoms with Gasteiger partial charge in [0.15, 0.2) is 11.5 Å². The summed E-state index contributed by atoms with van der Waals surface area (Å²) in [5, 5.41) is 40.5. The zero-order valence-electron chi connectivity index (χ0n) is 13.8. The molecular formula is C18H20N2O6. The quantitative estimate of drug-likeness (QED) is 0.404. The lowest BCUT2D eigenvalue weighted by atomic mass is 9.88. The Morgan fingerprint density at radius 1 is 1.00 bits per heavy atom. The molecule has 2 aromatic rings. The molecule has 0 aliphatic heterocycles. The van der Waals surface area contributed by atoms with Crippen LogP contribution in [-0.4, -0.2) is 44.9 Å². The Balaban J connectivity index is 2.10. The number of aromatic hydroxyl groups is 3. The molecule has 1 unspecified atom stereocenters. The van der Waals surface area contributed by atoms with Crippen LogP contribution in [0.1, 0.15) is 28.3 Å². The Labute approximate surface area is 149 Å². The van der Waals surface area contributed by atoms with Crippen LogP contribution >= 0.6 is 0 Å². The second-order valence-corrected chi connectivity index (χ2v) is 5.78. The molecule has 0 aromatic heterocycles. The van der Waals surface area contributed by atoms with Gasteiger partial charge in [-0.2, -0.15) is 0 Å². The second-order valence-electron chi connectivity index (χ2n) is 5.78. The summed E-state index contributed by atoms with van der Waals surface area (Å²) >= 11 is 0. The molecule has 26 heavy (non-hydrogen) atoms. The van der Waals surface area contributed by atoms with Crippen LogP contribution in [0.2, 0.25) is 0 Å². The number of phenolic OH excluding ortho intramolecular Hbond substituents is 3. The van der Waals surface area contributed by atoms with E-state index in [2.05, 4.69) is 5.32 Å². The molecule has 0 spiro atoms. The zero-order valence-corrected chi connectivity index (χ0v) is 13.8. The fourth-order valence-electron chi connectivity index (χ4n) is 2.60. The van der Waals surface area contributed by atoms with Gasteiger partial charge in [0.05, 0.1) is 5.56 Å². The Kier molecular flexibility index (Phi) is 6.03. The van der Waals surface area contributed by atoms with Crippen LogP contribution in [0, 0.1) is 0 Å². The highest BCUT2D eigenvalue weighted by atomic mass is 16.4. The van der Waals surface area contributed by atoms with E-state index in [0.29, 0.717) is 5.56 Å². The van der Waals surface area contributed by atoms with Gasteiger partial charge in [0.2, 0.25) is 0 Å². The Morgan fingerprint density at radius 3 is 2.31 bits per heavy atom.